The summed E-state index contributed by atoms with van der Waals surface area (Å²) in [5.41, 5.74) is 0.466. The van der Waals surface area contributed by atoms with Crippen molar-refractivity contribution in [2.75, 3.05) is 6.54 Å². The van der Waals surface area contributed by atoms with E-state index in [0.29, 0.717) is 11.5 Å². The summed E-state index contributed by atoms with van der Waals surface area (Å²) >= 11 is 1.44. The summed E-state index contributed by atoms with van der Waals surface area (Å²) < 4.78 is 15.1. The first-order chi connectivity index (χ1) is 14.0. The fraction of sp³-hybridized carbons (Fsp3) is 0.300. The lowest BCUT2D eigenvalue weighted by atomic mass is 10.2. The van der Waals surface area contributed by atoms with Gasteiger partial charge < -0.3 is 10.6 Å². The van der Waals surface area contributed by atoms with E-state index in [1.807, 2.05) is 31.4 Å². The number of rotatable bonds is 8. The van der Waals surface area contributed by atoms with Crippen LogP contribution in [0.25, 0.3) is 16.4 Å². The quantitative estimate of drug-likeness (QED) is 0.591. The van der Waals surface area contributed by atoms with Gasteiger partial charge in [0.2, 0.25) is 11.7 Å². The summed E-state index contributed by atoms with van der Waals surface area (Å²) in [5, 5.41) is 11.7. The number of nitrogens with one attached hydrogen (secondary N) is 2. The van der Waals surface area contributed by atoms with Crippen LogP contribution in [0.5, 0.6) is 0 Å². The van der Waals surface area contributed by atoms with Crippen LogP contribution in [0.15, 0.2) is 41.8 Å². The zero-order chi connectivity index (χ0) is 20.8. The van der Waals surface area contributed by atoms with Gasteiger partial charge in [-0.05, 0) is 43.0 Å². The Labute approximate surface area is 172 Å². The number of aromatic nitrogens is 3. The lowest BCUT2D eigenvalue weighted by molar-refractivity contribution is -0.121. The number of carbonyl (C=O) groups excluding carboxylic acids is 2. The van der Waals surface area contributed by atoms with Crippen LogP contribution in [0.2, 0.25) is 0 Å². The van der Waals surface area contributed by atoms with Crippen LogP contribution in [0.4, 0.5) is 4.39 Å². The zero-order valence-corrected chi connectivity index (χ0v) is 17.0. The maximum Gasteiger partial charge on any atom is 0.291 e. The molecule has 0 radical (unpaired) electrons. The molecule has 0 spiro atoms. The Bertz CT molecular complexity index is 987. The summed E-state index contributed by atoms with van der Waals surface area (Å²) in [6.07, 6.45) is 1.00. The molecule has 0 saturated carbocycles. The molecule has 29 heavy (non-hydrogen) atoms. The molecular formula is C20H22FN5O2S. The van der Waals surface area contributed by atoms with E-state index in [0.717, 1.165) is 11.3 Å². The molecule has 1 aromatic carbocycles. The first kappa shape index (κ1) is 20.7. The highest BCUT2D eigenvalue weighted by molar-refractivity contribution is 7.13. The summed E-state index contributed by atoms with van der Waals surface area (Å²) in [5.74, 6) is -0.620. The SMILES string of the molecule is CCC(C)NC(=O)CCNC(=O)c1nc(-c2cccs2)n(-c2cccc(F)c2)n1. The van der Waals surface area contributed by atoms with Crippen molar-refractivity contribution in [2.45, 2.75) is 32.7 Å². The van der Waals surface area contributed by atoms with Crippen LogP contribution in [0.3, 0.4) is 0 Å². The van der Waals surface area contributed by atoms with Crippen LogP contribution in [-0.4, -0.2) is 39.2 Å². The van der Waals surface area contributed by atoms with E-state index in [4.69, 9.17) is 0 Å². The van der Waals surface area contributed by atoms with Gasteiger partial charge in [-0.1, -0.05) is 19.1 Å². The molecule has 0 fully saturated rings. The average molecular weight is 415 g/mol. The fourth-order valence-electron chi connectivity index (χ4n) is 2.58. The monoisotopic (exact) mass is 415 g/mol. The number of hydrogen-bond acceptors (Lipinski definition) is 5. The number of benzene rings is 1. The van der Waals surface area contributed by atoms with Crippen molar-refractivity contribution in [2.24, 2.45) is 0 Å². The highest BCUT2D eigenvalue weighted by atomic mass is 32.1. The van der Waals surface area contributed by atoms with Crippen LogP contribution >= 0.6 is 11.3 Å². The molecule has 2 aromatic heterocycles. The predicted octanol–water partition coefficient (Wildman–Crippen LogP) is 3.17. The minimum atomic E-state index is -0.491. The van der Waals surface area contributed by atoms with Gasteiger partial charge in [-0.25, -0.2) is 14.1 Å². The molecule has 0 aliphatic rings. The molecule has 1 atom stereocenters. The topological polar surface area (TPSA) is 88.9 Å². The van der Waals surface area contributed by atoms with E-state index >= 15 is 0 Å². The second-order valence-corrected chi connectivity index (χ2v) is 7.46. The van der Waals surface area contributed by atoms with E-state index < -0.39 is 11.7 Å². The minimum Gasteiger partial charge on any atom is -0.354 e. The van der Waals surface area contributed by atoms with Crippen LogP contribution in [0.1, 0.15) is 37.3 Å². The third-order valence-electron chi connectivity index (χ3n) is 4.26. The van der Waals surface area contributed by atoms with Gasteiger partial charge in [0.15, 0.2) is 5.82 Å². The Morgan fingerprint density at radius 3 is 2.79 bits per heavy atom. The Hall–Kier alpha value is -3.07. The second kappa shape index (κ2) is 9.42. The van der Waals surface area contributed by atoms with E-state index in [9.17, 15) is 14.0 Å². The third-order valence-corrected chi connectivity index (χ3v) is 5.13. The number of halogens is 1. The fourth-order valence-corrected chi connectivity index (χ4v) is 3.28. The van der Waals surface area contributed by atoms with Gasteiger partial charge in [-0.2, -0.15) is 0 Å². The predicted molar refractivity (Wildman–Crippen MR) is 109 cm³/mol. The Balaban J connectivity index is 1.75. The van der Waals surface area contributed by atoms with Crippen molar-refractivity contribution in [1.29, 1.82) is 0 Å². The molecule has 1 unspecified atom stereocenters. The number of nitrogens with zero attached hydrogens (tertiary/aromatic N) is 3. The highest BCUT2D eigenvalue weighted by Crippen LogP contribution is 2.25. The van der Waals surface area contributed by atoms with E-state index in [1.165, 1.54) is 28.2 Å². The van der Waals surface area contributed by atoms with Crippen molar-refractivity contribution in [3.63, 3.8) is 0 Å². The average Bonchev–Trinajstić information content (AvgIpc) is 3.37. The van der Waals surface area contributed by atoms with Gasteiger partial charge >= 0.3 is 0 Å². The number of amides is 2. The summed E-state index contributed by atoms with van der Waals surface area (Å²) in [7, 11) is 0. The number of thiophene rings is 1. The maximum absolute atomic E-state index is 13.7. The van der Waals surface area contributed by atoms with Crippen molar-refractivity contribution in [3.05, 3.63) is 53.4 Å². The van der Waals surface area contributed by atoms with Crippen molar-refractivity contribution in [1.82, 2.24) is 25.4 Å². The first-order valence-corrected chi connectivity index (χ1v) is 10.2. The van der Waals surface area contributed by atoms with Crippen molar-refractivity contribution < 1.29 is 14.0 Å². The third kappa shape index (κ3) is 5.26. The molecule has 0 aliphatic heterocycles. The summed E-state index contributed by atoms with van der Waals surface area (Å²) in [4.78, 5) is 29.5. The van der Waals surface area contributed by atoms with Gasteiger partial charge in [0.1, 0.15) is 5.82 Å². The number of hydrogen-bond donors (Lipinski definition) is 2. The lowest BCUT2D eigenvalue weighted by Gasteiger charge is -2.11. The summed E-state index contributed by atoms with van der Waals surface area (Å²) in [6, 6.07) is 9.73. The molecule has 152 valence electrons. The minimum absolute atomic E-state index is 0.0417. The Morgan fingerprint density at radius 1 is 1.28 bits per heavy atom. The van der Waals surface area contributed by atoms with Crippen LogP contribution in [-0.2, 0) is 4.79 Å². The van der Waals surface area contributed by atoms with Gasteiger partial charge in [-0.3, -0.25) is 9.59 Å². The van der Waals surface area contributed by atoms with E-state index in [2.05, 4.69) is 20.7 Å². The molecule has 2 heterocycles. The van der Waals surface area contributed by atoms with Crippen LogP contribution < -0.4 is 10.6 Å². The van der Waals surface area contributed by atoms with E-state index in [1.54, 1.807) is 12.1 Å². The maximum atomic E-state index is 13.7. The molecule has 2 N–H and O–H groups in total. The molecule has 3 rings (SSSR count). The largest absolute Gasteiger partial charge is 0.354 e. The highest BCUT2D eigenvalue weighted by Gasteiger charge is 2.19. The summed E-state index contributed by atoms with van der Waals surface area (Å²) in [6.45, 7) is 4.08. The Kier molecular flexibility index (Phi) is 6.71. The van der Waals surface area contributed by atoms with Gasteiger partial charge in [0.25, 0.3) is 5.91 Å². The number of carbonyl (C=O) groups is 2. The molecule has 3 aromatic rings. The van der Waals surface area contributed by atoms with Crippen molar-refractivity contribution >= 4 is 23.2 Å². The first-order valence-electron chi connectivity index (χ1n) is 9.32. The normalized spacial score (nSPS) is 11.8. The zero-order valence-electron chi connectivity index (χ0n) is 16.2. The van der Waals surface area contributed by atoms with Crippen LogP contribution in [0, 0.1) is 5.82 Å². The van der Waals surface area contributed by atoms with E-state index in [-0.39, 0.29) is 30.7 Å². The van der Waals surface area contributed by atoms with Gasteiger partial charge in [-0.15, -0.1) is 16.4 Å². The molecule has 7 nitrogen and oxygen atoms in total. The lowest BCUT2D eigenvalue weighted by Crippen LogP contribution is -2.35. The molecule has 0 aliphatic carbocycles. The molecule has 9 heteroatoms. The molecule has 0 bridgehead atoms. The van der Waals surface area contributed by atoms with Gasteiger partial charge in [0, 0.05) is 19.0 Å². The smallest absolute Gasteiger partial charge is 0.291 e. The van der Waals surface area contributed by atoms with Gasteiger partial charge in [0.05, 0.1) is 10.6 Å². The Morgan fingerprint density at radius 2 is 2.10 bits per heavy atom. The van der Waals surface area contributed by atoms with Crippen molar-refractivity contribution in [3.8, 4) is 16.4 Å². The molecule has 0 saturated heterocycles. The molecule has 2 amide bonds. The molecular weight excluding hydrogens is 393 g/mol. The second-order valence-electron chi connectivity index (χ2n) is 6.51. The standard InChI is InChI=1S/C20H22FN5O2S/c1-3-13(2)23-17(27)9-10-22-20(28)18-24-19(16-8-5-11-29-16)26(25-18)15-7-4-6-14(21)12-15/h4-8,11-13H,3,9-10H2,1-2H3,(H,22,28)(H,23,27).